The van der Waals surface area contributed by atoms with Crippen LogP contribution in [0.15, 0.2) is 36.4 Å². The molecule has 0 aromatic heterocycles. The third-order valence-corrected chi connectivity index (χ3v) is 4.80. The van der Waals surface area contributed by atoms with Crippen LogP contribution in [0.1, 0.15) is 24.4 Å². The standard InChI is InChI=1S/C19H20ClFN2O3/c1-25-13-6-7-14(18(11-13)26-2)17-4-3-9-23(17)19(24)22-16-8-5-12(21)10-15(16)20/h5-8,10-11,17H,3-4,9H2,1-2H3,(H,22,24). The Hall–Kier alpha value is -2.47. The van der Waals surface area contributed by atoms with Gasteiger partial charge in [-0.15, -0.1) is 0 Å². The molecular formula is C19H20ClFN2O3. The maximum absolute atomic E-state index is 13.2. The first-order valence-electron chi connectivity index (χ1n) is 8.28. The van der Waals surface area contributed by atoms with Crippen LogP contribution in [0, 0.1) is 5.82 Å². The molecule has 3 rings (SSSR count). The molecule has 0 radical (unpaired) electrons. The maximum Gasteiger partial charge on any atom is 0.322 e. The normalized spacial score (nSPS) is 16.5. The van der Waals surface area contributed by atoms with Crippen molar-refractivity contribution in [2.75, 3.05) is 26.1 Å². The zero-order chi connectivity index (χ0) is 18.7. The van der Waals surface area contributed by atoms with Crippen molar-refractivity contribution >= 4 is 23.3 Å². The second kappa shape index (κ2) is 7.83. The molecule has 26 heavy (non-hydrogen) atoms. The number of amides is 2. The highest BCUT2D eigenvalue weighted by molar-refractivity contribution is 6.33. The van der Waals surface area contributed by atoms with Crippen molar-refractivity contribution < 1.29 is 18.7 Å². The SMILES string of the molecule is COc1ccc(C2CCCN2C(=O)Nc2ccc(F)cc2Cl)c(OC)c1. The highest BCUT2D eigenvalue weighted by atomic mass is 35.5. The summed E-state index contributed by atoms with van der Waals surface area (Å²) in [6.45, 7) is 0.616. The summed E-state index contributed by atoms with van der Waals surface area (Å²) in [7, 11) is 3.19. The summed E-state index contributed by atoms with van der Waals surface area (Å²) in [5, 5.41) is 2.93. The van der Waals surface area contributed by atoms with Gasteiger partial charge in [0.2, 0.25) is 0 Å². The first-order valence-corrected chi connectivity index (χ1v) is 8.66. The summed E-state index contributed by atoms with van der Waals surface area (Å²) in [6, 6.07) is 9.06. The number of ether oxygens (including phenoxy) is 2. The van der Waals surface area contributed by atoms with E-state index < -0.39 is 5.82 Å². The van der Waals surface area contributed by atoms with Gasteiger partial charge in [-0.3, -0.25) is 0 Å². The average molecular weight is 379 g/mol. The van der Waals surface area contributed by atoms with Crippen molar-refractivity contribution in [3.05, 3.63) is 52.8 Å². The number of carbonyl (C=O) groups excluding carboxylic acids is 1. The van der Waals surface area contributed by atoms with Gasteiger partial charge in [-0.25, -0.2) is 9.18 Å². The van der Waals surface area contributed by atoms with Crippen molar-refractivity contribution in [3.8, 4) is 11.5 Å². The average Bonchev–Trinajstić information content (AvgIpc) is 3.13. The molecule has 1 aliphatic heterocycles. The van der Waals surface area contributed by atoms with E-state index in [1.54, 1.807) is 25.2 Å². The predicted molar refractivity (Wildman–Crippen MR) is 98.7 cm³/mol. The maximum atomic E-state index is 13.2. The number of carbonyl (C=O) groups is 1. The van der Waals surface area contributed by atoms with Gasteiger partial charge in [0.15, 0.2) is 0 Å². The van der Waals surface area contributed by atoms with Crippen LogP contribution in [0.2, 0.25) is 5.02 Å². The van der Waals surface area contributed by atoms with E-state index in [1.807, 2.05) is 12.1 Å². The van der Waals surface area contributed by atoms with Crippen molar-refractivity contribution in [1.82, 2.24) is 4.90 Å². The molecular weight excluding hydrogens is 359 g/mol. The van der Waals surface area contributed by atoms with Crippen LogP contribution in [-0.2, 0) is 0 Å². The largest absolute Gasteiger partial charge is 0.497 e. The molecule has 2 aromatic rings. The Labute approximate surface area is 156 Å². The minimum absolute atomic E-state index is 0.116. The lowest BCUT2D eigenvalue weighted by atomic mass is 10.0. The molecule has 1 heterocycles. The number of nitrogens with one attached hydrogen (secondary N) is 1. The van der Waals surface area contributed by atoms with Gasteiger partial charge in [-0.2, -0.15) is 0 Å². The summed E-state index contributed by atoms with van der Waals surface area (Å²) in [5.74, 6) is 0.918. The van der Waals surface area contributed by atoms with Crippen molar-refractivity contribution in [1.29, 1.82) is 0 Å². The molecule has 1 N–H and O–H groups in total. The highest BCUT2D eigenvalue weighted by Crippen LogP contribution is 2.39. The lowest BCUT2D eigenvalue weighted by Gasteiger charge is -2.27. The number of urea groups is 1. The van der Waals surface area contributed by atoms with E-state index in [2.05, 4.69) is 5.32 Å². The Kier molecular flexibility index (Phi) is 5.52. The Morgan fingerprint density at radius 2 is 2.04 bits per heavy atom. The van der Waals surface area contributed by atoms with Crippen LogP contribution in [0.3, 0.4) is 0 Å². The zero-order valence-electron chi connectivity index (χ0n) is 14.6. The van der Waals surface area contributed by atoms with Crippen LogP contribution >= 0.6 is 11.6 Å². The van der Waals surface area contributed by atoms with Crippen LogP contribution in [0.4, 0.5) is 14.9 Å². The van der Waals surface area contributed by atoms with Crippen LogP contribution in [0.5, 0.6) is 11.5 Å². The first-order chi connectivity index (χ1) is 12.5. The molecule has 0 aliphatic carbocycles. The topological polar surface area (TPSA) is 50.8 Å². The van der Waals surface area contributed by atoms with Gasteiger partial charge in [0, 0.05) is 18.2 Å². The molecule has 0 saturated carbocycles. The van der Waals surface area contributed by atoms with E-state index in [1.165, 1.54) is 18.2 Å². The molecule has 1 aliphatic rings. The molecule has 5 nitrogen and oxygen atoms in total. The number of anilines is 1. The second-order valence-corrected chi connectivity index (χ2v) is 6.42. The molecule has 138 valence electrons. The molecule has 1 fully saturated rings. The van der Waals surface area contributed by atoms with Gasteiger partial charge in [0.1, 0.15) is 17.3 Å². The van der Waals surface area contributed by atoms with E-state index >= 15 is 0 Å². The predicted octanol–water partition coefficient (Wildman–Crippen LogP) is 4.87. The first kappa shape index (κ1) is 18.3. The number of hydrogen-bond donors (Lipinski definition) is 1. The Morgan fingerprint density at radius 3 is 2.73 bits per heavy atom. The summed E-state index contributed by atoms with van der Waals surface area (Å²) in [4.78, 5) is 14.5. The summed E-state index contributed by atoms with van der Waals surface area (Å²) in [5.41, 5.74) is 1.30. The van der Waals surface area contributed by atoms with E-state index in [9.17, 15) is 9.18 Å². The van der Waals surface area contributed by atoms with Gasteiger partial charge < -0.3 is 19.7 Å². The Morgan fingerprint density at radius 1 is 1.23 bits per heavy atom. The fourth-order valence-corrected chi connectivity index (χ4v) is 3.42. The number of halogens is 2. The van der Waals surface area contributed by atoms with Gasteiger partial charge in [0.25, 0.3) is 0 Å². The van der Waals surface area contributed by atoms with Crippen molar-refractivity contribution in [3.63, 3.8) is 0 Å². The van der Waals surface area contributed by atoms with Crippen LogP contribution in [0.25, 0.3) is 0 Å². The van der Waals surface area contributed by atoms with Gasteiger partial charge in [-0.05, 0) is 43.2 Å². The van der Waals surface area contributed by atoms with Crippen molar-refractivity contribution in [2.24, 2.45) is 0 Å². The van der Waals surface area contributed by atoms with E-state index in [0.717, 1.165) is 18.4 Å². The van der Waals surface area contributed by atoms with Crippen molar-refractivity contribution in [2.45, 2.75) is 18.9 Å². The smallest absolute Gasteiger partial charge is 0.322 e. The number of hydrogen-bond acceptors (Lipinski definition) is 3. The lowest BCUT2D eigenvalue weighted by Crippen LogP contribution is -2.34. The zero-order valence-corrected chi connectivity index (χ0v) is 15.3. The number of methoxy groups -OCH3 is 2. The third kappa shape index (κ3) is 3.70. The van der Waals surface area contributed by atoms with E-state index in [4.69, 9.17) is 21.1 Å². The second-order valence-electron chi connectivity index (χ2n) is 6.01. The number of benzene rings is 2. The Bertz CT molecular complexity index is 815. The molecule has 0 spiro atoms. The number of nitrogens with zero attached hydrogens (tertiary/aromatic N) is 1. The van der Waals surface area contributed by atoms with Gasteiger partial charge in [-0.1, -0.05) is 11.6 Å². The molecule has 0 bridgehead atoms. The van der Waals surface area contributed by atoms with E-state index in [-0.39, 0.29) is 17.1 Å². The van der Waals surface area contributed by atoms with Crippen LogP contribution in [-0.4, -0.2) is 31.7 Å². The lowest BCUT2D eigenvalue weighted by molar-refractivity contribution is 0.206. The summed E-state index contributed by atoms with van der Waals surface area (Å²) in [6.07, 6.45) is 1.71. The van der Waals surface area contributed by atoms with Gasteiger partial charge in [0.05, 0.1) is 31.0 Å². The molecule has 1 saturated heterocycles. The fraction of sp³-hybridized carbons (Fsp3) is 0.316. The molecule has 7 heteroatoms. The van der Waals surface area contributed by atoms with E-state index in [0.29, 0.717) is 23.7 Å². The third-order valence-electron chi connectivity index (χ3n) is 4.49. The Balaban J connectivity index is 1.82. The number of likely N-dealkylation sites (tertiary alicyclic amines) is 1. The summed E-state index contributed by atoms with van der Waals surface area (Å²) < 4.78 is 23.9. The highest BCUT2D eigenvalue weighted by Gasteiger charge is 2.32. The van der Waals surface area contributed by atoms with Crippen LogP contribution < -0.4 is 14.8 Å². The minimum Gasteiger partial charge on any atom is -0.497 e. The molecule has 2 amide bonds. The molecule has 2 aromatic carbocycles. The monoisotopic (exact) mass is 378 g/mol. The quantitative estimate of drug-likeness (QED) is 0.826. The molecule has 1 unspecified atom stereocenters. The summed E-state index contributed by atoms with van der Waals surface area (Å²) >= 11 is 6.01. The fourth-order valence-electron chi connectivity index (χ4n) is 3.20. The minimum atomic E-state index is -0.449. The molecule has 1 atom stereocenters. The number of rotatable bonds is 4. The van der Waals surface area contributed by atoms with Gasteiger partial charge >= 0.3 is 6.03 Å².